The first-order valence-corrected chi connectivity index (χ1v) is 10.1. The summed E-state index contributed by atoms with van der Waals surface area (Å²) in [7, 11) is 0. The highest BCUT2D eigenvalue weighted by Crippen LogP contribution is 2.41. The molecule has 1 atom stereocenters. The molecule has 1 saturated carbocycles. The van der Waals surface area contributed by atoms with Crippen molar-refractivity contribution in [3.05, 3.63) is 5.82 Å². The number of carbonyl (C=O) groups excluding carboxylic acids is 2. The number of aromatic amines is 1. The van der Waals surface area contributed by atoms with Crippen molar-refractivity contribution in [2.45, 2.75) is 44.2 Å². The molecular formula is C17H25N5O2S. The first kappa shape index (κ1) is 16.9. The van der Waals surface area contributed by atoms with E-state index in [2.05, 4.69) is 20.1 Å². The Balaban J connectivity index is 1.34. The number of aryl methyl sites for hydroxylation is 1. The van der Waals surface area contributed by atoms with Crippen molar-refractivity contribution in [3.8, 4) is 0 Å². The summed E-state index contributed by atoms with van der Waals surface area (Å²) in [6, 6.07) is 0. The molecule has 1 aliphatic carbocycles. The molecule has 0 aromatic carbocycles. The van der Waals surface area contributed by atoms with E-state index in [1.165, 1.54) is 24.6 Å². The maximum absolute atomic E-state index is 13.0. The molecule has 0 radical (unpaired) electrons. The summed E-state index contributed by atoms with van der Waals surface area (Å²) in [4.78, 5) is 33.7. The Labute approximate surface area is 151 Å². The van der Waals surface area contributed by atoms with Gasteiger partial charge in [0.25, 0.3) is 0 Å². The first-order valence-electron chi connectivity index (χ1n) is 9.15. The van der Waals surface area contributed by atoms with Gasteiger partial charge in [0.1, 0.15) is 5.82 Å². The van der Waals surface area contributed by atoms with Gasteiger partial charge in [0.15, 0.2) is 0 Å². The molecule has 136 valence electrons. The predicted octanol–water partition coefficient (Wildman–Crippen LogP) is 1.46. The number of carbonyl (C=O) groups is 2. The SMILES string of the molecule is Cc1nc(SCC(=O)N2CC[C@]3(CCCN(CC4CC4)C3=O)C2)n[nH]1. The molecule has 7 nitrogen and oxygen atoms in total. The average molecular weight is 363 g/mol. The van der Waals surface area contributed by atoms with Gasteiger partial charge in [-0.25, -0.2) is 4.98 Å². The Bertz CT molecular complexity index is 674. The maximum Gasteiger partial charge on any atom is 0.233 e. The number of likely N-dealkylation sites (tertiary alicyclic amines) is 2. The molecule has 3 heterocycles. The van der Waals surface area contributed by atoms with Crippen molar-refractivity contribution in [3.63, 3.8) is 0 Å². The summed E-state index contributed by atoms with van der Waals surface area (Å²) in [6.45, 7) is 4.93. The number of nitrogens with zero attached hydrogens (tertiary/aromatic N) is 4. The minimum Gasteiger partial charge on any atom is -0.342 e. The topological polar surface area (TPSA) is 82.2 Å². The Morgan fingerprint density at radius 3 is 2.92 bits per heavy atom. The number of amides is 2. The number of aromatic nitrogens is 3. The van der Waals surface area contributed by atoms with E-state index in [0.29, 0.717) is 24.0 Å². The smallest absolute Gasteiger partial charge is 0.233 e. The van der Waals surface area contributed by atoms with Crippen LogP contribution in [0.25, 0.3) is 0 Å². The van der Waals surface area contributed by atoms with E-state index < -0.39 is 0 Å². The van der Waals surface area contributed by atoms with Crippen LogP contribution in [0, 0.1) is 18.3 Å². The van der Waals surface area contributed by atoms with E-state index in [-0.39, 0.29) is 17.2 Å². The lowest BCUT2D eigenvalue weighted by Crippen LogP contribution is -2.51. The van der Waals surface area contributed by atoms with Gasteiger partial charge < -0.3 is 9.80 Å². The number of hydrogen-bond donors (Lipinski definition) is 1. The lowest BCUT2D eigenvalue weighted by Gasteiger charge is -2.39. The number of hydrogen-bond acceptors (Lipinski definition) is 5. The third kappa shape index (κ3) is 3.54. The van der Waals surface area contributed by atoms with Gasteiger partial charge in [0.2, 0.25) is 17.0 Å². The zero-order chi connectivity index (χ0) is 17.4. The van der Waals surface area contributed by atoms with Crippen molar-refractivity contribution in [1.29, 1.82) is 0 Å². The van der Waals surface area contributed by atoms with Crippen LogP contribution in [-0.4, -0.2) is 68.7 Å². The van der Waals surface area contributed by atoms with Crippen LogP contribution >= 0.6 is 11.8 Å². The molecule has 4 rings (SSSR count). The normalized spacial score (nSPS) is 26.7. The van der Waals surface area contributed by atoms with Gasteiger partial charge in [-0.05, 0) is 44.9 Å². The minimum absolute atomic E-state index is 0.0800. The summed E-state index contributed by atoms with van der Waals surface area (Å²) >= 11 is 1.35. The average Bonchev–Trinajstić information content (AvgIpc) is 3.15. The lowest BCUT2D eigenvalue weighted by atomic mass is 9.78. The van der Waals surface area contributed by atoms with Crippen LogP contribution in [0.2, 0.25) is 0 Å². The van der Waals surface area contributed by atoms with Crippen LogP contribution in [0.3, 0.4) is 0 Å². The number of thioether (sulfide) groups is 1. The zero-order valence-corrected chi connectivity index (χ0v) is 15.5. The summed E-state index contributed by atoms with van der Waals surface area (Å²) in [5, 5.41) is 7.43. The van der Waals surface area contributed by atoms with Crippen molar-refractivity contribution in [2.24, 2.45) is 11.3 Å². The first-order chi connectivity index (χ1) is 12.1. The molecule has 0 unspecified atom stereocenters. The van der Waals surface area contributed by atoms with Crippen molar-refractivity contribution < 1.29 is 9.59 Å². The van der Waals surface area contributed by atoms with Crippen LogP contribution < -0.4 is 0 Å². The quantitative estimate of drug-likeness (QED) is 0.801. The second-order valence-corrected chi connectivity index (χ2v) is 8.58. The molecule has 1 aromatic heterocycles. The van der Waals surface area contributed by atoms with E-state index >= 15 is 0 Å². The van der Waals surface area contributed by atoms with Crippen molar-refractivity contribution >= 4 is 23.6 Å². The Morgan fingerprint density at radius 2 is 2.20 bits per heavy atom. The second-order valence-electron chi connectivity index (χ2n) is 7.64. The van der Waals surface area contributed by atoms with E-state index in [1.807, 2.05) is 11.8 Å². The second kappa shape index (κ2) is 6.63. The lowest BCUT2D eigenvalue weighted by molar-refractivity contribution is -0.146. The molecule has 1 N–H and O–H groups in total. The predicted molar refractivity (Wildman–Crippen MR) is 94.0 cm³/mol. The molecule has 2 aliphatic heterocycles. The molecular weight excluding hydrogens is 338 g/mol. The fourth-order valence-electron chi connectivity index (χ4n) is 4.01. The number of H-pyrrole nitrogens is 1. The van der Waals surface area contributed by atoms with E-state index in [0.717, 1.165) is 44.1 Å². The fraction of sp³-hybridized carbons (Fsp3) is 0.765. The van der Waals surface area contributed by atoms with Gasteiger partial charge in [-0.15, -0.1) is 5.10 Å². The molecule has 3 fully saturated rings. The Kier molecular flexibility index (Phi) is 4.47. The van der Waals surface area contributed by atoms with Crippen LogP contribution in [0.1, 0.15) is 37.9 Å². The summed E-state index contributed by atoms with van der Waals surface area (Å²) in [5.41, 5.74) is -0.325. The highest BCUT2D eigenvalue weighted by atomic mass is 32.2. The molecule has 3 aliphatic rings. The van der Waals surface area contributed by atoms with Gasteiger partial charge in [-0.1, -0.05) is 11.8 Å². The Hall–Kier alpha value is -1.57. The van der Waals surface area contributed by atoms with Crippen LogP contribution in [-0.2, 0) is 9.59 Å². The number of nitrogens with one attached hydrogen (secondary N) is 1. The Morgan fingerprint density at radius 1 is 1.36 bits per heavy atom. The highest BCUT2D eigenvalue weighted by molar-refractivity contribution is 7.99. The van der Waals surface area contributed by atoms with E-state index in [1.54, 1.807) is 0 Å². The number of piperidine rings is 1. The van der Waals surface area contributed by atoms with Gasteiger partial charge in [0, 0.05) is 26.2 Å². The van der Waals surface area contributed by atoms with Crippen molar-refractivity contribution in [2.75, 3.05) is 31.9 Å². The van der Waals surface area contributed by atoms with Crippen LogP contribution in [0.15, 0.2) is 5.16 Å². The van der Waals surface area contributed by atoms with Crippen LogP contribution in [0.4, 0.5) is 0 Å². The third-order valence-corrected chi connectivity index (χ3v) is 6.44. The fourth-order valence-corrected chi connectivity index (χ4v) is 4.75. The van der Waals surface area contributed by atoms with Gasteiger partial charge in [0.05, 0.1) is 11.2 Å². The molecule has 1 spiro atoms. The highest BCUT2D eigenvalue weighted by Gasteiger charge is 2.49. The maximum atomic E-state index is 13.0. The molecule has 2 amide bonds. The molecule has 0 bridgehead atoms. The molecule has 2 saturated heterocycles. The van der Waals surface area contributed by atoms with Gasteiger partial charge in [-0.3, -0.25) is 14.7 Å². The van der Waals surface area contributed by atoms with Gasteiger partial charge in [-0.2, -0.15) is 0 Å². The summed E-state index contributed by atoms with van der Waals surface area (Å²) in [5.74, 6) is 2.17. The van der Waals surface area contributed by atoms with Crippen LogP contribution in [0.5, 0.6) is 0 Å². The summed E-state index contributed by atoms with van der Waals surface area (Å²) < 4.78 is 0. The minimum atomic E-state index is -0.325. The van der Waals surface area contributed by atoms with E-state index in [9.17, 15) is 9.59 Å². The monoisotopic (exact) mass is 363 g/mol. The zero-order valence-electron chi connectivity index (χ0n) is 14.7. The standard InChI is InChI=1S/C17H25N5O2S/c1-12-18-16(20-19-12)25-10-14(23)22-8-6-17(11-22)5-2-7-21(15(17)24)9-13-3-4-13/h13H,2-11H2,1H3,(H,18,19,20)/t17-/m1/s1. The molecule has 8 heteroatoms. The molecule has 1 aromatic rings. The van der Waals surface area contributed by atoms with E-state index in [4.69, 9.17) is 0 Å². The largest absolute Gasteiger partial charge is 0.342 e. The van der Waals surface area contributed by atoms with Crippen molar-refractivity contribution in [1.82, 2.24) is 25.0 Å². The number of rotatable bonds is 5. The third-order valence-electron chi connectivity index (χ3n) is 5.61. The molecule has 25 heavy (non-hydrogen) atoms. The van der Waals surface area contributed by atoms with Gasteiger partial charge >= 0.3 is 0 Å². The summed E-state index contributed by atoms with van der Waals surface area (Å²) in [6.07, 6.45) is 5.32.